The summed E-state index contributed by atoms with van der Waals surface area (Å²) < 4.78 is 29.6. The highest BCUT2D eigenvalue weighted by Crippen LogP contribution is 2.18. The van der Waals surface area contributed by atoms with Crippen molar-refractivity contribution in [3.05, 3.63) is 41.0 Å². The number of hydrogen-bond donors (Lipinski definition) is 1. The van der Waals surface area contributed by atoms with Gasteiger partial charge in [-0.15, -0.1) is 0 Å². The van der Waals surface area contributed by atoms with Crippen LogP contribution in [0.25, 0.3) is 0 Å². The van der Waals surface area contributed by atoms with Crippen LogP contribution < -0.4 is 5.32 Å². The van der Waals surface area contributed by atoms with Crippen LogP contribution in [0.15, 0.2) is 33.7 Å². The molecule has 1 aliphatic heterocycles. The smallest absolute Gasteiger partial charge is 0.315 e. The van der Waals surface area contributed by atoms with Crippen molar-refractivity contribution in [1.29, 1.82) is 0 Å². The second-order valence-electron chi connectivity index (χ2n) is 6.32. The lowest BCUT2D eigenvalue weighted by Crippen LogP contribution is -2.30. The average molecular weight is 427 g/mol. The number of aromatic nitrogens is 2. The van der Waals surface area contributed by atoms with Crippen LogP contribution in [0.1, 0.15) is 35.8 Å². The standard InChI is InChI=1S/C17H19ClN4O5S/c18-12-4-6-13(7-5-12)28(25,26)11-14-20-17(27-21-14)16(24)19-8-2-10-22-9-1-3-15(22)23/h4-7H,1-3,8-11H2,(H,19,24). The van der Waals surface area contributed by atoms with Crippen LogP contribution >= 0.6 is 11.6 Å². The summed E-state index contributed by atoms with van der Waals surface area (Å²) in [4.78, 5) is 29.2. The molecule has 1 aromatic heterocycles. The van der Waals surface area contributed by atoms with Crippen molar-refractivity contribution in [1.82, 2.24) is 20.4 Å². The van der Waals surface area contributed by atoms with Crippen molar-refractivity contribution in [3.63, 3.8) is 0 Å². The van der Waals surface area contributed by atoms with E-state index < -0.39 is 21.5 Å². The van der Waals surface area contributed by atoms with Crippen LogP contribution in [0, 0.1) is 0 Å². The van der Waals surface area contributed by atoms with E-state index in [0.717, 1.165) is 13.0 Å². The zero-order valence-electron chi connectivity index (χ0n) is 14.9. The fourth-order valence-electron chi connectivity index (χ4n) is 2.79. The SMILES string of the molecule is O=C(NCCCN1CCCC1=O)c1nc(CS(=O)(=O)c2ccc(Cl)cc2)no1. The van der Waals surface area contributed by atoms with Gasteiger partial charge in [-0.05, 0) is 37.1 Å². The van der Waals surface area contributed by atoms with E-state index in [9.17, 15) is 18.0 Å². The average Bonchev–Trinajstić information content (AvgIpc) is 3.28. The van der Waals surface area contributed by atoms with Gasteiger partial charge in [-0.25, -0.2) is 8.42 Å². The molecule has 1 N–H and O–H groups in total. The minimum absolute atomic E-state index is 0.0733. The molecule has 2 heterocycles. The Hall–Kier alpha value is -2.46. The van der Waals surface area contributed by atoms with Gasteiger partial charge in [0, 0.05) is 31.1 Å². The van der Waals surface area contributed by atoms with Gasteiger partial charge in [0.05, 0.1) is 4.90 Å². The molecule has 3 rings (SSSR count). The van der Waals surface area contributed by atoms with Crippen LogP contribution in [-0.2, 0) is 20.4 Å². The van der Waals surface area contributed by atoms with Crippen LogP contribution in [0.4, 0.5) is 0 Å². The first kappa shape index (κ1) is 20.3. The second kappa shape index (κ2) is 8.70. The Labute approximate surface area is 167 Å². The van der Waals surface area contributed by atoms with Gasteiger partial charge in [0.25, 0.3) is 0 Å². The van der Waals surface area contributed by atoms with Crippen molar-refractivity contribution in [2.75, 3.05) is 19.6 Å². The highest BCUT2D eigenvalue weighted by molar-refractivity contribution is 7.90. The zero-order valence-corrected chi connectivity index (χ0v) is 16.5. The quantitative estimate of drug-likeness (QED) is 0.633. The number of rotatable bonds is 8. The third kappa shape index (κ3) is 5.08. The molecule has 0 aliphatic carbocycles. The monoisotopic (exact) mass is 426 g/mol. The van der Waals surface area contributed by atoms with Crippen LogP contribution in [0.5, 0.6) is 0 Å². The summed E-state index contributed by atoms with van der Waals surface area (Å²) >= 11 is 5.76. The summed E-state index contributed by atoms with van der Waals surface area (Å²) in [6, 6.07) is 5.71. The van der Waals surface area contributed by atoms with Gasteiger partial charge >= 0.3 is 11.8 Å². The van der Waals surface area contributed by atoms with Gasteiger partial charge in [-0.2, -0.15) is 4.98 Å². The summed E-state index contributed by atoms with van der Waals surface area (Å²) in [5.74, 6) is -1.37. The molecule has 0 atom stereocenters. The van der Waals surface area contributed by atoms with Crippen molar-refractivity contribution in [2.45, 2.75) is 29.9 Å². The lowest BCUT2D eigenvalue weighted by atomic mass is 10.4. The highest BCUT2D eigenvalue weighted by Gasteiger charge is 2.22. The highest BCUT2D eigenvalue weighted by atomic mass is 35.5. The number of benzene rings is 1. The minimum Gasteiger partial charge on any atom is -0.348 e. The summed E-state index contributed by atoms with van der Waals surface area (Å²) in [5, 5.41) is 6.60. The molecular formula is C17H19ClN4O5S. The van der Waals surface area contributed by atoms with Crippen molar-refractivity contribution >= 4 is 33.3 Å². The molecule has 2 aromatic rings. The van der Waals surface area contributed by atoms with E-state index in [2.05, 4.69) is 15.5 Å². The second-order valence-corrected chi connectivity index (χ2v) is 8.75. The van der Waals surface area contributed by atoms with Gasteiger partial charge in [-0.1, -0.05) is 16.8 Å². The third-order valence-corrected chi connectivity index (χ3v) is 6.10. The Balaban J connectivity index is 1.50. The number of halogens is 1. The van der Waals surface area contributed by atoms with Gasteiger partial charge in [0.2, 0.25) is 5.91 Å². The number of carbonyl (C=O) groups is 2. The summed E-state index contributed by atoms with van der Waals surface area (Å²) in [6.45, 7) is 1.67. The molecule has 0 unspecified atom stereocenters. The Bertz CT molecular complexity index is 958. The predicted octanol–water partition coefficient (Wildman–Crippen LogP) is 1.44. The summed E-state index contributed by atoms with van der Waals surface area (Å²) in [6.07, 6.45) is 2.05. The molecule has 0 saturated carbocycles. The molecule has 28 heavy (non-hydrogen) atoms. The van der Waals surface area contributed by atoms with E-state index >= 15 is 0 Å². The van der Waals surface area contributed by atoms with E-state index in [1.165, 1.54) is 24.3 Å². The van der Waals surface area contributed by atoms with Crippen LogP contribution in [-0.4, -0.2) is 54.9 Å². The topological polar surface area (TPSA) is 122 Å². The third-order valence-electron chi connectivity index (χ3n) is 4.22. The molecule has 1 aromatic carbocycles. The first-order valence-corrected chi connectivity index (χ1v) is 10.7. The first-order chi connectivity index (χ1) is 13.3. The molecule has 2 amide bonds. The van der Waals surface area contributed by atoms with Crippen molar-refractivity contribution in [2.24, 2.45) is 0 Å². The fraction of sp³-hybridized carbons (Fsp3) is 0.412. The van der Waals surface area contributed by atoms with Gasteiger partial charge < -0.3 is 14.7 Å². The maximum Gasteiger partial charge on any atom is 0.315 e. The fourth-order valence-corrected chi connectivity index (χ4v) is 4.09. The van der Waals surface area contributed by atoms with Gasteiger partial charge in [-0.3, -0.25) is 9.59 Å². The number of amides is 2. The lowest BCUT2D eigenvalue weighted by molar-refractivity contribution is -0.127. The van der Waals surface area contributed by atoms with Crippen LogP contribution in [0.3, 0.4) is 0 Å². The number of likely N-dealkylation sites (tertiary alicyclic amines) is 1. The van der Waals surface area contributed by atoms with E-state index in [4.69, 9.17) is 16.1 Å². The number of carbonyl (C=O) groups excluding carboxylic acids is 2. The molecule has 150 valence electrons. The normalized spacial score (nSPS) is 14.5. The molecule has 1 fully saturated rings. The first-order valence-electron chi connectivity index (χ1n) is 8.72. The predicted molar refractivity (Wildman–Crippen MR) is 99.4 cm³/mol. The van der Waals surface area contributed by atoms with E-state index in [1.807, 2.05) is 0 Å². The van der Waals surface area contributed by atoms with E-state index in [1.54, 1.807) is 4.90 Å². The molecule has 0 radical (unpaired) electrons. The molecule has 0 bridgehead atoms. The number of hydrogen-bond acceptors (Lipinski definition) is 7. The van der Waals surface area contributed by atoms with Crippen molar-refractivity contribution < 1.29 is 22.5 Å². The Kier molecular flexibility index (Phi) is 6.30. The minimum atomic E-state index is -3.69. The molecular weight excluding hydrogens is 408 g/mol. The Morgan fingerprint density at radius 3 is 2.71 bits per heavy atom. The van der Waals surface area contributed by atoms with Crippen LogP contribution in [0.2, 0.25) is 5.02 Å². The maximum atomic E-state index is 12.4. The summed E-state index contributed by atoms with van der Waals surface area (Å²) in [5.41, 5.74) is 0. The summed E-state index contributed by atoms with van der Waals surface area (Å²) in [7, 11) is -3.69. The van der Waals surface area contributed by atoms with Gasteiger partial charge in [0.15, 0.2) is 15.7 Å². The van der Waals surface area contributed by atoms with E-state index in [-0.39, 0.29) is 22.5 Å². The lowest BCUT2D eigenvalue weighted by Gasteiger charge is -2.14. The molecule has 11 heteroatoms. The molecule has 9 nitrogen and oxygen atoms in total. The van der Waals surface area contributed by atoms with Gasteiger partial charge in [0.1, 0.15) is 5.75 Å². The molecule has 0 spiro atoms. The number of sulfone groups is 1. The largest absolute Gasteiger partial charge is 0.348 e. The molecule has 1 saturated heterocycles. The number of nitrogens with one attached hydrogen (secondary N) is 1. The maximum absolute atomic E-state index is 12.4. The Morgan fingerprint density at radius 1 is 1.29 bits per heavy atom. The Morgan fingerprint density at radius 2 is 2.04 bits per heavy atom. The number of nitrogens with zero attached hydrogens (tertiary/aromatic N) is 3. The van der Waals surface area contributed by atoms with Crippen molar-refractivity contribution in [3.8, 4) is 0 Å². The molecule has 1 aliphatic rings. The van der Waals surface area contributed by atoms with E-state index in [0.29, 0.717) is 31.0 Å². The zero-order chi connectivity index (χ0) is 20.1.